The molecule has 3 aromatic rings. The number of fused-ring (bicyclic) bond motifs is 2. The van der Waals surface area contributed by atoms with Crippen molar-refractivity contribution in [2.75, 3.05) is 13.2 Å². The van der Waals surface area contributed by atoms with Gasteiger partial charge in [-0.15, -0.1) is 0 Å². The van der Waals surface area contributed by atoms with E-state index in [-0.39, 0.29) is 0 Å². The second kappa shape index (κ2) is 8.53. The fraction of sp³-hybridized carbons (Fsp3) is 0.375. The molecule has 0 fully saturated rings. The number of pyridine rings is 1. The van der Waals surface area contributed by atoms with Crippen LogP contribution >= 0.6 is 0 Å². The summed E-state index contributed by atoms with van der Waals surface area (Å²) in [6.07, 6.45) is 6.45. The van der Waals surface area contributed by atoms with Gasteiger partial charge in [-0.2, -0.15) is 0 Å². The third kappa shape index (κ3) is 3.98. The summed E-state index contributed by atoms with van der Waals surface area (Å²) in [5.41, 5.74) is 4.02. The van der Waals surface area contributed by atoms with Crippen LogP contribution in [0.1, 0.15) is 43.2 Å². The Hall–Kier alpha value is -2.39. The van der Waals surface area contributed by atoms with Crippen LogP contribution in [0.25, 0.3) is 10.9 Å². The van der Waals surface area contributed by atoms with Gasteiger partial charge in [-0.1, -0.05) is 55.8 Å². The van der Waals surface area contributed by atoms with Crippen molar-refractivity contribution in [1.29, 1.82) is 0 Å². The Morgan fingerprint density at radius 1 is 1.07 bits per heavy atom. The number of rotatable bonds is 8. The minimum absolute atomic E-state index is 0.557. The normalized spacial score (nSPS) is 18.6. The lowest BCUT2D eigenvalue weighted by molar-refractivity contribution is 0.304. The van der Waals surface area contributed by atoms with E-state index in [1.54, 1.807) is 5.56 Å². The summed E-state index contributed by atoms with van der Waals surface area (Å²) in [5, 5.41) is 4.92. The molecule has 0 bridgehead atoms. The Morgan fingerprint density at radius 3 is 2.89 bits per heavy atom. The van der Waals surface area contributed by atoms with Gasteiger partial charge in [0.05, 0.1) is 6.61 Å². The molecule has 1 aliphatic carbocycles. The van der Waals surface area contributed by atoms with E-state index in [9.17, 15) is 0 Å². The van der Waals surface area contributed by atoms with Crippen molar-refractivity contribution in [3.63, 3.8) is 0 Å². The highest BCUT2D eigenvalue weighted by molar-refractivity contribution is 5.84. The molecule has 27 heavy (non-hydrogen) atoms. The van der Waals surface area contributed by atoms with E-state index in [1.807, 2.05) is 24.4 Å². The van der Waals surface area contributed by atoms with Crippen LogP contribution in [0.3, 0.4) is 0 Å². The van der Waals surface area contributed by atoms with Crippen molar-refractivity contribution in [2.24, 2.45) is 0 Å². The van der Waals surface area contributed by atoms with E-state index < -0.39 is 0 Å². The smallest absolute Gasteiger partial charge is 0.145 e. The number of ether oxygens (including phenoxy) is 1. The SMILES string of the molecule is CCCC1c2ccccc2CC1NCCCOc1cccc2cccnc12. The molecule has 0 aliphatic heterocycles. The quantitative estimate of drug-likeness (QED) is 0.567. The van der Waals surface area contributed by atoms with Gasteiger partial charge in [0, 0.05) is 17.6 Å². The number of hydrogen-bond donors (Lipinski definition) is 1. The van der Waals surface area contributed by atoms with Gasteiger partial charge in [0.1, 0.15) is 11.3 Å². The fourth-order valence-electron chi connectivity index (χ4n) is 4.29. The second-order valence-electron chi connectivity index (χ2n) is 7.39. The van der Waals surface area contributed by atoms with Gasteiger partial charge in [-0.3, -0.25) is 4.98 Å². The molecule has 4 rings (SSSR count). The van der Waals surface area contributed by atoms with Crippen molar-refractivity contribution in [3.05, 3.63) is 71.9 Å². The van der Waals surface area contributed by atoms with Crippen molar-refractivity contribution >= 4 is 10.9 Å². The highest BCUT2D eigenvalue weighted by Gasteiger charge is 2.30. The first-order valence-electron chi connectivity index (χ1n) is 10.1. The first kappa shape index (κ1) is 18.0. The molecule has 1 N–H and O–H groups in total. The molecule has 0 radical (unpaired) electrons. The second-order valence-corrected chi connectivity index (χ2v) is 7.39. The Bertz CT molecular complexity index is 887. The zero-order valence-corrected chi connectivity index (χ0v) is 16.0. The topological polar surface area (TPSA) is 34.1 Å². The Morgan fingerprint density at radius 2 is 1.96 bits per heavy atom. The summed E-state index contributed by atoms with van der Waals surface area (Å²) in [5.74, 6) is 1.53. The molecule has 3 heteroatoms. The molecule has 0 amide bonds. The molecule has 0 saturated carbocycles. The molecule has 3 nitrogen and oxygen atoms in total. The highest BCUT2D eigenvalue weighted by Crippen LogP contribution is 2.36. The Labute approximate surface area is 161 Å². The average molecular weight is 361 g/mol. The lowest BCUT2D eigenvalue weighted by Crippen LogP contribution is -2.34. The van der Waals surface area contributed by atoms with E-state index in [2.05, 4.69) is 53.6 Å². The summed E-state index contributed by atoms with van der Waals surface area (Å²) >= 11 is 0. The van der Waals surface area contributed by atoms with Crippen LogP contribution in [0.5, 0.6) is 5.75 Å². The van der Waals surface area contributed by atoms with Crippen molar-refractivity contribution in [3.8, 4) is 5.75 Å². The van der Waals surface area contributed by atoms with Crippen molar-refractivity contribution in [1.82, 2.24) is 10.3 Å². The molecule has 140 valence electrons. The van der Waals surface area contributed by atoms with Crippen LogP contribution in [-0.2, 0) is 6.42 Å². The van der Waals surface area contributed by atoms with E-state index in [4.69, 9.17) is 4.74 Å². The van der Waals surface area contributed by atoms with E-state index in [0.29, 0.717) is 18.6 Å². The first-order chi connectivity index (χ1) is 13.4. The predicted molar refractivity (Wildman–Crippen MR) is 111 cm³/mol. The lowest BCUT2D eigenvalue weighted by atomic mass is 9.93. The van der Waals surface area contributed by atoms with Gasteiger partial charge in [0.25, 0.3) is 0 Å². The fourth-order valence-corrected chi connectivity index (χ4v) is 4.29. The van der Waals surface area contributed by atoms with Crippen LogP contribution in [-0.4, -0.2) is 24.2 Å². The summed E-state index contributed by atoms with van der Waals surface area (Å²) in [6.45, 7) is 3.97. The van der Waals surface area contributed by atoms with Crippen molar-refractivity contribution < 1.29 is 4.74 Å². The first-order valence-corrected chi connectivity index (χ1v) is 10.1. The largest absolute Gasteiger partial charge is 0.491 e. The van der Waals surface area contributed by atoms with Gasteiger partial charge in [-0.25, -0.2) is 0 Å². The maximum Gasteiger partial charge on any atom is 0.145 e. The van der Waals surface area contributed by atoms with Gasteiger partial charge in [-0.05, 0) is 55.0 Å². The van der Waals surface area contributed by atoms with Crippen LogP contribution in [0.2, 0.25) is 0 Å². The van der Waals surface area contributed by atoms with Gasteiger partial charge in [0.15, 0.2) is 0 Å². The third-order valence-corrected chi connectivity index (χ3v) is 5.56. The molecule has 1 aliphatic rings. The molecular formula is C24H28N2O. The molecule has 0 saturated heterocycles. The minimum Gasteiger partial charge on any atom is -0.491 e. The molecule has 1 heterocycles. The van der Waals surface area contributed by atoms with Crippen LogP contribution in [0, 0.1) is 0 Å². The van der Waals surface area contributed by atoms with E-state index >= 15 is 0 Å². The number of nitrogens with one attached hydrogen (secondary N) is 1. The monoisotopic (exact) mass is 360 g/mol. The lowest BCUT2D eigenvalue weighted by Gasteiger charge is -2.21. The summed E-state index contributed by atoms with van der Waals surface area (Å²) in [6, 6.07) is 19.6. The van der Waals surface area contributed by atoms with E-state index in [1.165, 1.54) is 18.4 Å². The maximum absolute atomic E-state index is 6.02. The highest BCUT2D eigenvalue weighted by atomic mass is 16.5. The predicted octanol–water partition coefficient (Wildman–Crippen LogP) is 5.10. The molecule has 1 aromatic heterocycles. The number of aromatic nitrogens is 1. The molecule has 2 atom stereocenters. The number of para-hydroxylation sites is 1. The van der Waals surface area contributed by atoms with Crippen LogP contribution < -0.4 is 10.1 Å². The van der Waals surface area contributed by atoms with Crippen molar-refractivity contribution in [2.45, 2.75) is 44.6 Å². The maximum atomic E-state index is 6.02. The standard InChI is InChI=1S/C24H28N2O/c1-2-8-21-20-12-4-3-9-19(20)17-22(21)25-15-7-16-27-23-13-5-10-18-11-6-14-26-24(18)23/h3-6,9-14,21-22,25H,2,7-8,15-17H2,1H3. The number of benzene rings is 2. The zero-order valence-electron chi connectivity index (χ0n) is 16.0. The van der Waals surface area contributed by atoms with Gasteiger partial charge in [0.2, 0.25) is 0 Å². The van der Waals surface area contributed by atoms with Gasteiger partial charge < -0.3 is 10.1 Å². The Balaban J connectivity index is 1.29. The summed E-state index contributed by atoms with van der Waals surface area (Å²) in [4.78, 5) is 4.46. The minimum atomic E-state index is 0.557. The molecular weight excluding hydrogens is 332 g/mol. The van der Waals surface area contributed by atoms with Crippen LogP contribution in [0.15, 0.2) is 60.8 Å². The van der Waals surface area contributed by atoms with Crippen LogP contribution in [0.4, 0.5) is 0 Å². The number of hydrogen-bond acceptors (Lipinski definition) is 3. The zero-order chi connectivity index (χ0) is 18.5. The third-order valence-electron chi connectivity index (χ3n) is 5.56. The molecule has 0 spiro atoms. The van der Waals surface area contributed by atoms with E-state index in [0.717, 1.165) is 36.0 Å². The molecule has 2 unspecified atom stereocenters. The summed E-state index contributed by atoms with van der Waals surface area (Å²) in [7, 11) is 0. The van der Waals surface area contributed by atoms with Gasteiger partial charge >= 0.3 is 0 Å². The average Bonchev–Trinajstić information content (AvgIpc) is 3.06. The summed E-state index contributed by atoms with van der Waals surface area (Å²) < 4.78 is 6.02. The number of nitrogens with zero attached hydrogens (tertiary/aromatic N) is 1. The molecule has 2 aromatic carbocycles. The Kier molecular flexibility index (Phi) is 5.69.